The summed E-state index contributed by atoms with van der Waals surface area (Å²) in [6.07, 6.45) is 3.31. The Morgan fingerprint density at radius 3 is 2.31 bits per heavy atom. The minimum atomic E-state index is -0.173. The monoisotopic (exact) mass is 471 g/mol. The molecule has 0 aliphatic heterocycles. The Balaban J connectivity index is 1.69. The zero-order valence-electron chi connectivity index (χ0n) is 20.5. The summed E-state index contributed by atoms with van der Waals surface area (Å²) in [6, 6.07) is 19.3. The van der Waals surface area contributed by atoms with Gasteiger partial charge in [-0.25, -0.2) is 0 Å². The van der Waals surface area contributed by atoms with Crippen LogP contribution in [-0.2, 0) is 4.79 Å². The molecule has 0 fully saturated rings. The molecule has 1 heterocycles. The summed E-state index contributed by atoms with van der Waals surface area (Å²) in [7, 11) is 4.82. The quantitative estimate of drug-likeness (QED) is 0.301. The van der Waals surface area contributed by atoms with Gasteiger partial charge in [-0.2, -0.15) is 0 Å². The largest absolute Gasteiger partial charge is 0.496 e. The van der Waals surface area contributed by atoms with Gasteiger partial charge in [0.05, 0.1) is 33.6 Å². The van der Waals surface area contributed by atoms with E-state index >= 15 is 0 Å². The molecule has 1 aromatic heterocycles. The summed E-state index contributed by atoms with van der Waals surface area (Å²) in [5, 5.41) is 3.93. The molecule has 1 unspecified atom stereocenters. The van der Waals surface area contributed by atoms with E-state index in [9.17, 15) is 4.79 Å². The summed E-state index contributed by atoms with van der Waals surface area (Å²) in [5.41, 5.74) is 5.15. The number of hydrogen-bond donors (Lipinski definition) is 1. The van der Waals surface area contributed by atoms with E-state index in [0.717, 1.165) is 33.2 Å². The number of carbonyl (C=O) groups excluding carboxylic acids is 1. The van der Waals surface area contributed by atoms with E-state index in [0.29, 0.717) is 22.8 Å². The van der Waals surface area contributed by atoms with Crippen LogP contribution in [0.2, 0.25) is 0 Å². The predicted molar refractivity (Wildman–Crippen MR) is 138 cm³/mol. The molecule has 1 amide bonds. The van der Waals surface area contributed by atoms with Crippen LogP contribution in [0.4, 0.5) is 0 Å². The van der Waals surface area contributed by atoms with E-state index in [1.54, 1.807) is 33.7 Å². The van der Waals surface area contributed by atoms with Crippen molar-refractivity contribution in [1.29, 1.82) is 0 Å². The zero-order valence-corrected chi connectivity index (χ0v) is 20.5. The molecule has 4 rings (SSSR count). The van der Waals surface area contributed by atoms with E-state index in [4.69, 9.17) is 18.6 Å². The molecular weight excluding hydrogens is 442 g/mol. The number of rotatable bonds is 8. The lowest BCUT2D eigenvalue weighted by Gasteiger charge is -2.14. The molecule has 0 saturated heterocycles. The predicted octanol–water partition coefficient (Wildman–Crippen LogP) is 6.41. The number of fused-ring (bicyclic) bond motifs is 1. The number of methoxy groups -OCH3 is 3. The van der Waals surface area contributed by atoms with Crippen molar-refractivity contribution in [3.8, 4) is 28.4 Å². The molecule has 35 heavy (non-hydrogen) atoms. The standard InChI is InChI=1S/C29H29NO5/c1-18(13-29(31)30-19(2)20-9-7-6-8-10-20)22-15-23-24(17-35-27(23)16-26(22)33-4)21-11-12-25(32-3)28(14-21)34-5/h6-17,19H,1-5H3,(H,30,31)/b18-13+. The lowest BCUT2D eigenvalue weighted by atomic mass is 9.99. The molecule has 4 aromatic rings. The molecule has 0 aliphatic rings. The molecule has 0 spiro atoms. The van der Waals surface area contributed by atoms with Gasteiger partial charge in [0.1, 0.15) is 11.3 Å². The van der Waals surface area contributed by atoms with Gasteiger partial charge in [0.25, 0.3) is 0 Å². The van der Waals surface area contributed by atoms with Gasteiger partial charge in [0.2, 0.25) is 5.91 Å². The second kappa shape index (κ2) is 10.4. The Labute approximate surface area is 205 Å². The van der Waals surface area contributed by atoms with Crippen LogP contribution in [0, 0.1) is 0 Å². The highest BCUT2D eigenvalue weighted by Crippen LogP contribution is 2.39. The minimum Gasteiger partial charge on any atom is -0.496 e. The van der Waals surface area contributed by atoms with Gasteiger partial charge in [-0.05, 0) is 48.7 Å². The van der Waals surface area contributed by atoms with Gasteiger partial charge in [-0.15, -0.1) is 0 Å². The van der Waals surface area contributed by atoms with E-state index in [1.807, 2.05) is 74.5 Å². The fourth-order valence-corrected chi connectivity index (χ4v) is 4.11. The molecule has 6 heteroatoms. The third-order valence-electron chi connectivity index (χ3n) is 6.02. The molecule has 0 radical (unpaired) electrons. The normalized spacial score (nSPS) is 12.3. The van der Waals surface area contributed by atoms with E-state index in [-0.39, 0.29) is 11.9 Å². The first kappa shape index (κ1) is 24.0. The summed E-state index contributed by atoms with van der Waals surface area (Å²) >= 11 is 0. The molecule has 0 aliphatic carbocycles. The highest BCUT2D eigenvalue weighted by atomic mass is 16.5. The number of nitrogens with one attached hydrogen (secondary N) is 1. The van der Waals surface area contributed by atoms with Crippen molar-refractivity contribution in [1.82, 2.24) is 5.32 Å². The second-order valence-electron chi connectivity index (χ2n) is 8.24. The average Bonchev–Trinajstić information content (AvgIpc) is 3.30. The molecule has 1 atom stereocenters. The maximum atomic E-state index is 12.8. The number of amides is 1. The molecule has 3 aromatic carbocycles. The summed E-state index contributed by atoms with van der Waals surface area (Å²) in [6.45, 7) is 3.86. The van der Waals surface area contributed by atoms with Crippen LogP contribution in [0.3, 0.4) is 0 Å². The number of carbonyl (C=O) groups is 1. The Morgan fingerprint density at radius 2 is 1.63 bits per heavy atom. The Bertz CT molecular complexity index is 1370. The maximum Gasteiger partial charge on any atom is 0.244 e. The summed E-state index contributed by atoms with van der Waals surface area (Å²) in [4.78, 5) is 12.8. The van der Waals surface area contributed by atoms with Crippen molar-refractivity contribution in [3.63, 3.8) is 0 Å². The minimum absolute atomic E-state index is 0.109. The second-order valence-corrected chi connectivity index (χ2v) is 8.24. The van der Waals surface area contributed by atoms with E-state index < -0.39 is 0 Å². The number of benzene rings is 3. The first-order valence-electron chi connectivity index (χ1n) is 11.3. The van der Waals surface area contributed by atoms with Gasteiger partial charge in [0, 0.05) is 28.7 Å². The molecule has 6 nitrogen and oxygen atoms in total. The Kier molecular flexibility index (Phi) is 7.11. The first-order valence-corrected chi connectivity index (χ1v) is 11.3. The fourth-order valence-electron chi connectivity index (χ4n) is 4.11. The molecular formula is C29H29NO5. The molecule has 0 saturated carbocycles. The van der Waals surface area contributed by atoms with Crippen molar-refractivity contribution in [2.24, 2.45) is 0 Å². The molecule has 0 bridgehead atoms. The molecule has 1 N–H and O–H groups in total. The third-order valence-corrected chi connectivity index (χ3v) is 6.02. The number of allylic oxidation sites excluding steroid dienone is 1. The first-order chi connectivity index (χ1) is 16.9. The van der Waals surface area contributed by atoms with Crippen LogP contribution in [0.15, 0.2) is 77.4 Å². The smallest absolute Gasteiger partial charge is 0.244 e. The summed E-state index contributed by atoms with van der Waals surface area (Å²) < 4.78 is 22.3. The zero-order chi connectivity index (χ0) is 24.9. The lowest BCUT2D eigenvalue weighted by molar-refractivity contribution is -0.117. The topological polar surface area (TPSA) is 69.9 Å². The Hall–Kier alpha value is -4.19. The van der Waals surface area contributed by atoms with Crippen LogP contribution < -0.4 is 19.5 Å². The fraction of sp³-hybridized carbons (Fsp3) is 0.207. The SMILES string of the molecule is COc1ccc(-c2coc3cc(OC)c(/C(C)=C/C(=O)NC(C)c4ccccc4)cc23)cc1OC. The van der Waals surface area contributed by atoms with Crippen LogP contribution in [0.5, 0.6) is 17.2 Å². The van der Waals surface area contributed by atoms with Gasteiger partial charge in [0.15, 0.2) is 11.5 Å². The van der Waals surface area contributed by atoms with E-state index in [1.165, 1.54) is 0 Å². The van der Waals surface area contributed by atoms with Crippen molar-refractivity contribution in [2.45, 2.75) is 19.9 Å². The van der Waals surface area contributed by atoms with Crippen LogP contribution >= 0.6 is 0 Å². The van der Waals surface area contributed by atoms with Gasteiger partial charge in [-0.1, -0.05) is 36.4 Å². The van der Waals surface area contributed by atoms with Gasteiger partial charge < -0.3 is 23.9 Å². The maximum absolute atomic E-state index is 12.8. The van der Waals surface area contributed by atoms with Crippen LogP contribution in [-0.4, -0.2) is 27.2 Å². The number of ether oxygens (including phenoxy) is 3. The highest BCUT2D eigenvalue weighted by Gasteiger charge is 2.17. The average molecular weight is 472 g/mol. The lowest BCUT2D eigenvalue weighted by Crippen LogP contribution is -2.24. The van der Waals surface area contributed by atoms with Crippen molar-refractivity contribution >= 4 is 22.4 Å². The molecule has 180 valence electrons. The van der Waals surface area contributed by atoms with Crippen LogP contribution in [0.25, 0.3) is 27.7 Å². The van der Waals surface area contributed by atoms with Crippen molar-refractivity contribution in [3.05, 3.63) is 84.1 Å². The van der Waals surface area contributed by atoms with Gasteiger partial charge in [-0.3, -0.25) is 4.79 Å². The van der Waals surface area contributed by atoms with Gasteiger partial charge >= 0.3 is 0 Å². The summed E-state index contributed by atoms with van der Waals surface area (Å²) in [5.74, 6) is 1.74. The van der Waals surface area contributed by atoms with Crippen molar-refractivity contribution < 1.29 is 23.4 Å². The van der Waals surface area contributed by atoms with Crippen LogP contribution in [0.1, 0.15) is 31.0 Å². The van der Waals surface area contributed by atoms with Crippen molar-refractivity contribution in [2.75, 3.05) is 21.3 Å². The Morgan fingerprint density at radius 1 is 0.914 bits per heavy atom. The number of furan rings is 1. The third kappa shape index (κ3) is 5.01. The number of hydrogen-bond acceptors (Lipinski definition) is 5. The highest BCUT2D eigenvalue weighted by molar-refractivity contribution is 6.00. The van der Waals surface area contributed by atoms with E-state index in [2.05, 4.69) is 5.32 Å².